The van der Waals surface area contributed by atoms with E-state index >= 15 is 0 Å². The van der Waals surface area contributed by atoms with E-state index in [1.54, 1.807) is 0 Å². The Kier molecular flexibility index (Phi) is 2.26. The Morgan fingerprint density at radius 1 is 1.23 bits per heavy atom. The van der Waals surface area contributed by atoms with E-state index in [1.807, 2.05) is 12.3 Å². The molecule has 0 aliphatic rings. The molecule has 0 aliphatic heterocycles. The minimum Gasteiger partial charge on any atom is -0.256 e. The Hall–Kier alpha value is -1.37. The summed E-state index contributed by atoms with van der Waals surface area (Å²) >= 11 is 0. The molecule has 2 aromatic rings. The predicted molar refractivity (Wildman–Crippen MR) is 55.7 cm³/mol. The Labute approximate surface area is 78.4 Å². The first-order valence-electron chi connectivity index (χ1n) is 4.74. The van der Waals surface area contributed by atoms with Crippen LogP contribution in [0, 0.1) is 0 Å². The molecule has 0 fully saturated rings. The van der Waals surface area contributed by atoms with Crippen LogP contribution in [0.25, 0.3) is 10.9 Å². The van der Waals surface area contributed by atoms with Gasteiger partial charge in [-0.1, -0.05) is 31.5 Å². The van der Waals surface area contributed by atoms with Gasteiger partial charge in [0.15, 0.2) is 0 Å². The van der Waals surface area contributed by atoms with Gasteiger partial charge >= 0.3 is 0 Å². The lowest BCUT2D eigenvalue weighted by Gasteiger charge is -2.00. The fourth-order valence-electron chi connectivity index (χ4n) is 1.56. The van der Waals surface area contributed by atoms with Gasteiger partial charge in [0.2, 0.25) is 0 Å². The summed E-state index contributed by atoms with van der Waals surface area (Å²) in [7, 11) is 0. The van der Waals surface area contributed by atoms with Crippen molar-refractivity contribution < 1.29 is 0 Å². The summed E-state index contributed by atoms with van der Waals surface area (Å²) in [4.78, 5) is 4.32. The van der Waals surface area contributed by atoms with E-state index in [9.17, 15) is 0 Å². The first kappa shape index (κ1) is 8.24. The van der Waals surface area contributed by atoms with E-state index < -0.39 is 0 Å². The SMILES string of the molecule is CCCc1ccc2cccnc2c1. The van der Waals surface area contributed by atoms with Gasteiger partial charge in [-0.2, -0.15) is 0 Å². The molecular weight excluding hydrogens is 158 g/mol. The van der Waals surface area contributed by atoms with Crippen molar-refractivity contribution in [3.63, 3.8) is 0 Å². The number of aryl methyl sites for hydroxylation is 1. The summed E-state index contributed by atoms with van der Waals surface area (Å²) in [5.41, 5.74) is 2.49. The lowest BCUT2D eigenvalue weighted by atomic mass is 10.1. The molecule has 1 aromatic carbocycles. The van der Waals surface area contributed by atoms with Crippen LogP contribution in [0.5, 0.6) is 0 Å². The standard InChI is InChI=1S/C12H13N/c1-2-4-10-6-7-11-5-3-8-13-12(11)9-10/h3,5-9H,2,4H2,1H3. The summed E-state index contributed by atoms with van der Waals surface area (Å²) in [6, 6.07) is 10.6. The van der Waals surface area contributed by atoms with Gasteiger partial charge in [0.1, 0.15) is 0 Å². The number of pyridine rings is 1. The molecule has 1 aromatic heterocycles. The highest BCUT2D eigenvalue weighted by Crippen LogP contribution is 2.13. The third-order valence-electron chi connectivity index (χ3n) is 2.21. The molecule has 0 N–H and O–H groups in total. The van der Waals surface area contributed by atoms with Crippen LogP contribution in [-0.4, -0.2) is 4.98 Å². The summed E-state index contributed by atoms with van der Waals surface area (Å²) < 4.78 is 0. The number of hydrogen-bond donors (Lipinski definition) is 0. The van der Waals surface area contributed by atoms with E-state index in [0.717, 1.165) is 11.9 Å². The first-order valence-corrected chi connectivity index (χ1v) is 4.74. The van der Waals surface area contributed by atoms with Gasteiger partial charge in [-0.3, -0.25) is 4.98 Å². The van der Waals surface area contributed by atoms with Crippen molar-refractivity contribution in [2.45, 2.75) is 19.8 Å². The van der Waals surface area contributed by atoms with E-state index in [-0.39, 0.29) is 0 Å². The number of hydrogen-bond acceptors (Lipinski definition) is 1. The van der Waals surface area contributed by atoms with Crippen LogP contribution < -0.4 is 0 Å². The van der Waals surface area contributed by atoms with Crippen LogP contribution in [0.2, 0.25) is 0 Å². The van der Waals surface area contributed by atoms with E-state index in [0.29, 0.717) is 0 Å². The van der Waals surface area contributed by atoms with Crippen LogP contribution in [0.15, 0.2) is 36.5 Å². The largest absolute Gasteiger partial charge is 0.256 e. The highest BCUT2D eigenvalue weighted by molar-refractivity contribution is 5.78. The van der Waals surface area contributed by atoms with Crippen LogP contribution in [-0.2, 0) is 6.42 Å². The first-order chi connectivity index (χ1) is 6.40. The fourth-order valence-corrected chi connectivity index (χ4v) is 1.56. The molecule has 0 unspecified atom stereocenters. The lowest BCUT2D eigenvalue weighted by Crippen LogP contribution is -1.84. The molecule has 0 amide bonds. The molecule has 0 saturated heterocycles. The van der Waals surface area contributed by atoms with Gasteiger partial charge in [0.05, 0.1) is 5.52 Å². The molecule has 0 atom stereocenters. The summed E-state index contributed by atoms with van der Waals surface area (Å²) in [5.74, 6) is 0. The number of fused-ring (bicyclic) bond motifs is 1. The van der Waals surface area contributed by atoms with Crippen molar-refractivity contribution in [3.8, 4) is 0 Å². The average molecular weight is 171 g/mol. The second kappa shape index (κ2) is 3.56. The molecule has 2 rings (SSSR count). The van der Waals surface area contributed by atoms with Gasteiger partial charge in [-0.15, -0.1) is 0 Å². The molecule has 1 heterocycles. The van der Waals surface area contributed by atoms with Crippen molar-refractivity contribution in [1.82, 2.24) is 4.98 Å². The maximum absolute atomic E-state index is 4.32. The minimum absolute atomic E-state index is 1.11. The zero-order chi connectivity index (χ0) is 9.10. The van der Waals surface area contributed by atoms with E-state index in [1.165, 1.54) is 17.4 Å². The van der Waals surface area contributed by atoms with Crippen LogP contribution in [0.1, 0.15) is 18.9 Å². The number of aromatic nitrogens is 1. The highest BCUT2D eigenvalue weighted by Gasteiger charge is 1.95. The van der Waals surface area contributed by atoms with Crippen molar-refractivity contribution in [2.75, 3.05) is 0 Å². The second-order valence-electron chi connectivity index (χ2n) is 3.28. The van der Waals surface area contributed by atoms with Crippen LogP contribution in [0.4, 0.5) is 0 Å². The summed E-state index contributed by atoms with van der Waals surface area (Å²) in [6.07, 6.45) is 4.18. The van der Waals surface area contributed by atoms with Gasteiger partial charge in [0.25, 0.3) is 0 Å². The maximum Gasteiger partial charge on any atom is 0.0704 e. The average Bonchev–Trinajstić information content (AvgIpc) is 2.18. The van der Waals surface area contributed by atoms with Crippen LogP contribution >= 0.6 is 0 Å². The van der Waals surface area contributed by atoms with Crippen LogP contribution in [0.3, 0.4) is 0 Å². The third-order valence-corrected chi connectivity index (χ3v) is 2.21. The maximum atomic E-state index is 4.32. The van der Waals surface area contributed by atoms with Crippen molar-refractivity contribution in [2.24, 2.45) is 0 Å². The Morgan fingerprint density at radius 3 is 3.00 bits per heavy atom. The second-order valence-corrected chi connectivity index (χ2v) is 3.28. The van der Waals surface area contributed by atoms with Gasteiger partial charge < -0.3 is 0 Å². The molecule has 66 valence electrons. The molecular formula is C12H13N. The van der Waals surface area contributed by atoms with E-state index in [4.69, 9.17) is 0 Å². The molecule has 1 nitrogen and oxygen atoms in total. The van der Waals surface area contributed by atoms with Gasteiger partial charge in [-0.05, 0) is 24.1 Å². The normalized spacial score (nSPS) is 10.5. The number of benzene rings is 1. The van der Waals surface area contributed by atoms with Gasteiger partial charge in [-0.25, -0.2) is 0 Å². The van der Waals surface area contributed by atoms with Gasteiger partial charge in [0, 0.05) is 11.6 Å². The molecule has 0 bridgehead atoms. The molecule has 0 spiro atoms. The number of nitrogens with zero attached hydrogens (tertiary/aromatic N) is 1. The molecule has 1 heteroatoms. The zero-order valence-electron chi connectivity index (χ0n) is 7.83. The molecule has 0 radical (unpaired) electrons. The van der Waals surface area contributed by atoms with Crippen molar-refractivity contribution in [3.05, 3.63) is 42.1 Å². The Balaban J connectivity index is 2.49. The zero-order valence-corrected chi connectivity index (χ0v) is 7.83. The topological polar surface area (TPSA) is 12.9 Å². The smallest absolute Gasteiger partial charge is 0.0704 e. The highest BCUT2D eigenvalue weighted by atomic mass is 14.6. The fraction of sp³-hybridized carbons (Fsp3) is 0.250. The third kappa shape index (κ3) is 1.69. The number of rotatable bonds is 2. The predicted octanol–water partition coefficient (Wildman–Crippen LogP) is 3.19. The monoisotopic (exact) mass is 171 g/mol. The molecule has 0 aliphatic carbocycles. The summed E-state index contributed by atoms with van der Waals surface area (Å²) in [6.45, 7) is 2.20. The molecule has 0 saturated carbocycles. The quantitative estimate of drug-likeness (QED) is 0.676. The minimum atomic E-state index is 1.11. The van der Waals surface area contributed by atoms with E-state index in [2.05, 4.69) is 36.2 Å². The lowest BCUT2D eigenvalue weighted by molar-refractivity contribution is 0.923. The Bertz CT molecular complexity index is 407. The molecule has 13 heavy (non-hydrogen) atoms. The van der Waals surface area contributed by atoms with Crippen molar-refractivity contribution >= 4 is 10.9 Å². The van der Waals surface area contributed by atoms with Crippen molar-refractivity contribution in [1.29, 1.82) is 0 Å². The Morgan fingerprint density at radius 2 is 2.15 bits per heavy atom. The summed E-state index contributed by atoms with van der Waals surface area (Å²) in [5, 5.41) is 1.22.